The summed E-state index contributed by atoms with van der Waals surface area (Å²) >= 11 is 1.72. The Bertz CT molecular complexity index is 997. The molecule has 0 fully saturated rings. The van der Waals surface area contributed by atoms with E-state index in [1.807, 2.05) is 36.9 Å². The van der Waals surface area contributed by atoms with Crippen molar-refractivity contribution in [3.05, 3.63) is 47.0 Å². The third-order valence-corrected chi connectivity index (χ3v) is 4.78. The van der Waals surface area contributed by atoms with Gasteiger partial charge in [-0.15, -0.1) is 11.3 Å². The van der Waals surface area contributed by atoms with E-state index in [-0.39, 0.29) is 0 Å². The van der Waals surface area contributed by atoms with Crippen LogP contribution in [0.25, 0.3) is 21.9 Å². The number of benzene rings is 1. The first-order chi connectivity index (χ1) is 10.6. The van der Waals surface area contributed by atoms with Crippen molar-refractivity contribution in [1.29, 1.82) is 0 Å². The highest BCUT2D eigenvalue weighted by Crippen LogP contribution is 2.36. The molecule has 0 saturated heterocycles. The van der Waals surface area contributed by atoms with Crippen LogP contribution < -0.4 is 5.32 Å². The SMILES string of the molecule is Cc1csc(Nc2c3ccccc3nc3c2c(C)nn3C)c1. The van der Waals surface area contributed by atoms with Crippen LogP contribution in [-0.2, 0) is 7.05 Å². The summed E-state index contributed by atoms with van der Waals surface area (Å²) in [5.74, 6) is 0. The molecular formula is C17H16N4S. The number of anilines is 2. The number of pyridine rings is 1. The molecule has 22 heavy (non-hydrogen) atoms. The van der Waals surface area contributed by atoms with Crippen LogP contribution in [0.2, 0.25) is 0 Å². The van der Waals surface area contributed by atoms with E-state index in [9.17, 15) is 0 Å². The third-order valence-electron chi connectivity index (χ3n) is 3.82. The minimum absolute atomic E-state index is 0.909. The molecule has 1 aromatic carbocycles. The van der Waals surface area contributed by atoms with Gasteiger partial charge in [-0.3, -0.25) is 4.68 Å². The van der Waals surface area contributed by atoms with Gasteiger partial charge in [-0.1, -0.05) is 18.2 Å². The van der Waals surface area contributed by atoms with E-state index in [2.05, 4.69) is 34.9 Å². The Hall–Kier alpha value is -2.40. The maximum atomic E-state index is 4.77. The molecule has 110 valence electrons. The van der Waals surface area contributed by atoms with Crippen LogP contribution in [0.3, 0.4) is 0 Å². The number of aryl methyl sites for hydroxylation is 3. The van der Waals surface area contributed by atoms with Gasteiger partial charge in [-0.2, -0.15) is 5.10 Å². The predicted octanol–water partition coefficient (Wildman–Crippen LogP) is 4.54. The summed E-state index contributed by atoms with van der Waals surface area (Å²) in [7, 11) is 1.94. The van der Waals surface area contributed by atoms with E-state index < -0.39 is 0 Å². The fraction of sp³-hybridized carbons (Fsp3) is 0.176. The fourth-order valence-corrected chi connectivity index (χ4v) is 3.64. The molecule has 4 nitrogen and oxygen atoms in total. The van der Waals surface area contributed by atoms with Gasteiger partial charge >= 0.3 is 0 Å². The minimum atomic E-state index is 0.909. The van der Waals surface area contributed by atoms with Gasteiger partial charge in [0, 0.05) is 12.4 Å². The van der Waals surface area contributed by atoms with Crippen molar-refractivity contribution in [3.8, 4) is 0 Å². The summed E-state index contributed by atoms with van der Waals surface area (Å²) in [6.45, 7) is 4.14. The molecule has 0 unspecified atom stereocenters. The lowest BCUT2D eigenvalue weighted by Gasteiger charge is -2.10. The Morgan fingerprint density at radius 3 is 2.77 bits per heavy atom. The van der Waals surface area contributed by atoms with Crippen molar-refractivity contribution in [2.75, 3.05) is 5.32 Å². The Balaban J connectivity index is 2.06. The van der Waals surface area contributed by atoms with E-state index in [0.29, 0.717) is 0 Å². The number of rotatable bonds is 2. The Labute approximate surface area is 132 Å². The van der Waals surface area contributed by atoms with Crippen molar-refractivity contribution in [2.45, 2.75) is 13.8 Å². The van der Waals surface area contributed by atoms with Gasteiger partial charge in [0.1, 0.15) is 0 Å². The van der Waals surface area contributed by atoms with Crippen molar-refractivity contribution in [1.82, 2.24) is 14.8 Å². The van der Waals surface area contributed by atoms with Crippen molar-refractivity contribution < 1.29 is 0 Å². The number of hydrogen-bond donors (Lipinski definition) is 1. The minimum Gasteiger partial charge on any atom is -0.346 e. The number of nitrogens with one attached hydrogen (secondary N) is 1. The fourth-order valence-electron chi connectivity index (χ4n) is 2.85. The number of thiophene rings is 1. The van der Waals surface area contributed by atoms with Crippen LogP contribution in [0.1, 0.15) is 11.3 Å². The van der Waals surface area contributed by atoms with E-state index in [4.69, 9.17) is 4.98 Å². The molecule has 4 rings (SSSR count). The van der Waals surface area contributed by atoms with E-state index in [1.165, 1.54) is 5.56 Å². The molecule has 0 aliphatic carbocycles. The van der Waals surface area contributed by atoms with Crippen molar-refractivity contribution in [2.24, 2.45) is 7.05 Å². The second kappa shape index (κ2) is 4.81. The molecular weight excluding hydrogens is 292 g/mol. The van der Waals surface area contributed by atoms with Crippen molar-refractivity contribution >= 4 is 44.0 Å². The first kappa shape index (κ1) is 13.3. The van der Waals surface area contributed by atoms with Crippen LogP contribution in [0.15, 0.2) is 35.7 Å². The molecule has 3 heterocycles. The Morgan fingerprint density at radius 1 is 1.18 bits per heavy atom. The Kier molecular flexibility index (Phi) is 2.90. The van der Waals surface area contributed by atoms with Gasteiger partial charge in [-0.05, 0) is 36.9 Å². The average molecular weight is 308 g/mol. The van der Waals surface area contributed by atoms with Crippen LogP contribution in [0.4, 0.5) is 10.7 Å². The molecule has 3 aromatic heterocycles. The predicted molar refractivity (Wildman–Crippen MR) is 93.1 cm³/mol. The lowest BCUT2D eigenvalue weighted by molar-refractivity contribution is 0.775. The largest absolute Gasteiger partial charge is 0.346 e. The molecule has 0 radical (unpaired) electrons. The quantitative estimate of drug-likeness (QED) is 0.591. The molecule has 4 aromatic rings. The molecule has 0 saturated carbocycles. The second-order valence-corrected chi connectivity index (χ2v) is 6.44. The van der Waals surface area contributed by atoms with Gasteiger partial charge in [-0.25, -0.2) is 4.98 Å². The summed E-state index contributed by atoms with van der Waals surface area (Å²) in [4.78, 5) is 4.77. The van der Waals surface area contributed by atoms with Gasteiger partial charge in [0.25, 0.3) is 0 Å². The maximum absolute atomic E-state index is 4.77. The van der Waals surface area contributed by atoms with E-state index >= 15 is 0 Å². The third kappa shape index (κ3) is 1.97. The molecule has 0 atom stereocenters. The van der Waals surface area contributed by atoms with Crippen molar-refractivity contribution in [3.63, 3.8) is 0 Å². The molecule has 5 heteroatoms. The Morgan fingerprint density at radius 2 is 2.00 bits per heavy atom. The first-order valence-corrected chi connectivity index (χ1v) is 8.05. The molecule has 0 aliphatic rings. The number of para-hydroxylation sites is 1. The van der Waals surface area contributed by atoms with Gasteiger partial charge in [0.2, 0.25) is 0 Å². The number of aromatic nitrogens is 3. The van der Waals surface area contributed by atoms with Gasteiger partial charge in [0.05, 0.1) is 27.3 Å². The zero-order valence-electron chi connectivity index (χ0n) is 12.7. The number of nitrogens with zero attached hydrogens (tertiary/aromatic N) is 3. The summed E-state index contributed by atoms with van der Waals surface area (Å²) < 4.78 is 1.85. The average Bonchev–Trinajstić information content (AvgIpc) is 3.03. The van der Waals surface area contributed by atoms with Crippen LogP contribution >= 0.6 is 11.3 Å². The molecule has 0 aliphatic heterocycles. The summed E-state index contributed by atoms with van der Waals surface area (Å²) in [5, 5.41) is 13.6. The smallest absolute Gasteiger partial charge is 0.160 e. The van der Waals surface area contributed by atoms with E-state index in [0.717, 1.165) is 38.3 Å². The molecule has 1 N–H and O–H groups in total. The number of hydrogen-bond acceptors (Lipinski definition) is 4. The topological polar surface area (TPSA) is 42.7 Å². The summed E-state index contributed by atoms with van der Waals surface area (Å²) in [6, 6.07) is 10.4. The lowest BCUT2D eigenvalue weighted by atomic mass is 10.1. The summed E-state index contributed by atoms with van der Waals surface area (Å²) in [5.41, 5.74) is 5.24. The first-order valence-electron chi connectivity index (χ1n) is 7.17. The highest BCUT2D eigenvalue weighted by Gasteiger charge is 2.16. The number of fused-ring (bicyclic) bond motifs is 2. The van der Waals surface area contributed by atoms with Crippen LogP contribution in [0, 0.1) is 13.8 Å². The summed E-state index contributed by atoms with van der Waals surface area (Å²) in [6.07, 6.45) is 0. The maximum Gasteiger partial charge on any atom is 0.160 e. The molecule has 0 bridgehead atoms. The zero-order chi connectivity index (χ0) is 15.3. The highest BCUT2D eigenvalue weighted by molar-refractivity contribution is 7.14. The lowest BCUT2D eigenvalue weighted by Crippen LogP contribution is -1.96. The van der Waals surface area contributed by atoms with E-state index in [1.54, 1.807) is 11.3 Å². The second-order valence-electron chi connectivity index (χ2n) is 5.52. The van der Waals surface area contributed by atoms with Gasteiger partial charge in [0.15, 0.2) is 5.65 Å². The monoisotopic (exact) mass is 308 g/mol. The standard InChI is InChI=1S/C17H16N4S/c1-10-8-14(22-9-10)19-16-12-6-4-5-7-13(12)18-17-15(16)11(2)20-21(17)3/h4-9H,1-3H3,(H,18,19). The van der Waals surface area contributed by atoms with Crippen LogP contribution in [0.5, 0.6) is 0 Å². The molecule has 0 amide bonds. The highest BCUT2D eigenvalue weighted by atomic mass is 32.1. The normalized spacial score (nSPS) is 11.4. The van der Waals surface area contributed by atoms with Crippen LogP contribution in [-0.4, -0.2) is 14.8 Å². The molecule has 0 spiro atoms. The zero-order valence-corrected chi connectivity index (χ0v) is 13.5. The van der Waals surface area contributed by atoms with Gasteiger partial charge < -0.3 is 5.32 Å².